The first kappa shape index (κ1) is 22.2. The molecule has 2 aromatic rings. The molecule has 0 fully saturated rings. The molecule has 9 heteroatoms. The minimum absolute atomic E-state index is 0.127. The van der Waals surface area contributed by atoms with Gasteiger partial charge >= 0.3 is 0 Å². The summed E-state index contributed by atoms with van der Waals surface area (Å²) in [6, 6.07) is 12.5. The molecular formula is C21H25ClN2O5S. The number of benzene rings is 2. The molecule has 1 unspecified atom stereocenters. The van der Waals surface area contributed by atoms with Crippen LogP contribution in [0.15, 0.2) is 42.5 Å². The second-order valence-electron chi connectivity index (χ2n) is 7.05. The molecule has 30 heavy (non-hydrogen) atoms. The van der Waals surface area contributed by atoms with Gasteiger partial charge in [0.2, 0.25) is 10.0 Å². The molecule has 0 spiro atoms. The summed E-state index contributed by atoms with van der Waals surface area (Å²) >= 11 is 5.98. The number of aryl methyl sites for hydroxylation is 1. The maximum absolute atomic E-state index is 12.5. The normalized spacial score (nSPS) is 15.8. The van der Waals surface area contributed by atoms with Gasteiger partial charge in [-0.05, 0) is 42.3 Å². The minimum Gasteiger partial charge on any atom is -0.492 e. The highest BCUT2D eigenvalue weighted by Gasteiger charge is 2.35. The van der Waals surface area contributed by atoms with E-state index in [-0.39, 0.29) is 19.7 Å². The molecule has 1 aliphatic rings. The highest BCUT2D eigenvalue weighted by atomic mass is 35.5. The van der Waals surface area contributed by atoms with Crippen molar-refractivity contribution in [3.63, 3.8) is 0 Å². The number of ether oxygens (including phenoxy) is 2. The summed E-state index contributed by atoms with van der Waals surface area (Å²) in [5, 5.41) is 3.12. The SMILES string of the molecule is CCCc1ccc(OCCNC(=O)C2CN(S(C)(=O)=O)c3cc(Cl)ccc3O2)cc1. The molecule has 162 valence electrons. The molecule has 0 radical (unpaired) electrons. The van der Waals surface area contributed by atoms with E-state index in [9.17, 15) is 13.2 Å². The van der Waals surface area contributed by atoms with Crippen molar-refractivity contribution in [3.05, 3.63) is 53.1 Å². The van der Waals surface area contributed by atoms with Crippen LogP contribution in [0.1, 0.15) is 18.9 Å². The van der Waals surface area contributed by atoms with E-state index in [1.54, 1.807) is 12.1 Å². The van der Waals surface area contributed by atoms with Gasteiger partial charge in [-0.1, -0.05) is 37.1 Å². The fourth-order valence-corrected chi connectivity index (χ4v) is 4.25. The number of nitrogens with one attached hydrogen (secondary N) is 1. The van der Waals surface area contributed by atoms with Gasteiger partial charge in [0.05, 0.1) is 25.0 Å². The first-order chi connectivity index (χ1) is 14.3. The second kappa shape index (κ2) is 9.57. The van der Waals surface area contributed by atoms with Crippen molar-refractivity contribution in [1.29, 1.82) is 0 Å². The van der Waals surface area contributed by atoms with E-state index in [0.717, 1.165) is 29.2 Å². The molecule has 1 atom stereocenters. The Hall–Kier alpha value is -2.45. The summed E-state index contributed by atoms with van der Waals surface area (Å²) in [5.74, 6) is 0.609. The number of carbonyl (C=O) groups excluding carboxylic acids is 1. The Balaban J connectivity index is 1.56. The van der Waals surface area contributed by atoms with Crippen LogP contribution in [0.2, 0.25) is 5.02 Å². The summed E-state index contributed by atoms with van der Waals surface area (Å²) in [4.78, 5) is 12.5. The van der Waals surface area contributed by atoms with Crippen LogP contribution in [-0.2, 0) is 21.2 Å². The minimum atomic E-state index is -3.60. The monoisotopic (exact) mass is 452 g/mol. The highest BCUT2D eigenvalue weighted by molar-refractivity contribution is 7.92. The lowest BCUT2D eigenvalue weighted by Crippen LogP contribution is -2.51. The van der Waals surface area contributed by atoms with Crippen LogP contribution in [0.25, 0.3) is 0 Å². The molecule has 7 nitrogen and oxygen atoms in total. The third-order valence-electron chi connectivity index (χ3n) is 4.62. The number of carbonyl (C=O) groups is 1. The Bertz CT molecular complexity index is 995. The van der Waals surface area contributed by atoms with Crippen molar-refractivity contribution >= 4 is 33.2 Å². The quantitative estimate of drug-likeness (QED) is 0.622. The number of hydrogen-bond acceptors (Lipinski definition) is 5. The van der Waals surface area contributed by atoms with E-state index in [4.69, 9.17) is 21.1 Å². The maximum atomic E-state index is 12.5. The van der Waals surface area contributed by atoms with E-state index in [0.29, 0.717) is 16.5 Å². The maximum Gasteiger partial charge on any atom is 0.263 e. The first-order valence-corrected chi connectivity index (χ1v) is 11.9. The van der Waals surface area contributed by atoms with Gasteiger partial charge in [0.15, 0.2) is 6.10 Å². The average molecular weight is 453 g/mol. The number of rotatable bonds is 8. The second-order valence-corrected chi connectivity index (χ2v) is 9.39. The number of nitrogens with zero attached hydrogens (tertiary/aromatic N) is 1. The van der Waals surface area contributed by atoms with Crippen molar-refractivity contribution in [2.24, 2.45) is 0 Å². The Labute approximate surface area is 182 Å². The number of amides is 1. The lowest BCUT2D eigenvalue weighted by atomic mass is 10.1. The van der Waals surface area contributed by atoms with E-state index >= 15 is 0 Å². The van der Waals surface area contributed by atoms with Gasteiger partial charge in [-0.25, -0.2) is 8.42 Å². The van der Waals surface area contributed by atoms with Gasteiger partial charge in [-0.15, -0.1) is 0 Å². The largest absolute Gasteiger partial charge is 0.492 e. The number of halogens is 1. The van der Waals surface area contributed by atoms with Crippen LogP contribution in [-0.4, -0.2) is 46.4 Å². The van der Waals surface area contributed by atoms with Crippen LogP contribution < -0.4 is 19.1 Å². The van der Waals surface area contributed by atoms with E-state index in [1.807, 2.05) is 24.3 Å². The van der Waals surface area contributed by atoms with Crippen molar-refractivity contribution in [2.45, 2.75) is 25.9 Å². The van der Waals surface area contributed by atoms with Crippen LogP contribution in [0.3, 0.4) is 0 Å². The smallest absolute Gasteiger partial charge is 0.263 e. The zero-order valence-electron chi connectivity index (χ0n) is 16.9. The summed E-state index contributed by atoms with van der Waals surface area (Å²) in [7, 11) is -3.60. The average Bonchev–Trinajstić information content (AvgIpc) is 2.71. The van der Waals surface area contributed by atoms with Crippen molar-refractivity contribution < 1.29 is 22.7 Å². The Morgan fingerprint density at radius 1 is 1.27 bits per heavy atom. The third-order valence-corrected chi connectivity index (χ3v) is 6.00. The van der Waals surface area contributed by atoms with Gasteiger partial charge in [-0.2, -0.15) is 0 Å². The van der Waals surface area contributed by atoms with Crippen LogP contribution >= 0.6 is 11.6 Å². The number of fused-ring (bicyclic) bond motifs is 1. The van der Waals surface area contributed by atoms with E-state index < -0.39 is 22.0 Å². The van der Waals surface area contributed by atoms with E-state index in [1.165, 1.54) is 11.6 Å². The topological polar surface area (TPSA) is 84.9 Å². The molecule has 2 aromatic carbocycles. The van der Waals surface area contributed by atoms with Crippen molar-refractivity contribution in [1.82, 2.24) is 5.32 Å². The summed E-state index contributed by atoms with van der Waals surface area (Å²) in [5.41, 5.74) is 1.58. The molecule has 0 saturated heterocycles. The predicted octanol–water partition coefficient (Wildman–Crippen LogP) is 3.01. The van der Waals surface area contributed by atoms with Crippen LogP contribution in [0, 0.1) is 0 Å². The van der Waals surface area contributed by atoms with Gasteiger partial charge in [0.1, 0.15) is 18.1 Å². The molecule has 1 heterocycles. The standard InChI is InChI=1S/C21H25ClN2O5S/c1-3-4-15-5-8-17(9-6-15)28-12-11-23-21(25)20-14-24(30(2,26)27)18-13-16(22)7-10-19(18)29-20/h5-10,13,20H,3-4,11-12,14H2,1-2H3,(H,23,25). The number of sulfonamides is 1. The Morgan fingerprint density at radius 2 is 2.00 bits per heavy atom. The molecule has 1 aliphatic heterocycles. The highest BCUT2D eigenvalue weighted by Crippen LogP contribution is 2.37. The lowest BCUT2D eigenvalue weighted by molar-refractivity contribution is -0.127. The molecule has 1 amide bonds. The number of hydrogen-bond donors (Lipinski definition) is 1. The molecule has 0 bridgehead atoms. The fourth-order valence-electron chi connectivity index (χ4n) is 3.17. The van der Waals surface area contributed by atoms with Crippen molar-refractivity contribution in [3.8, 4) is 11.5 Å². The van der Waals surface area contributed by atoms with Gasteiger partial charge in [0, 0.05) is 5.02 Å². The molecule has 0 saturated carbocycles. The summed E-state index contributed by atoms with van der Waals surface area (Å²) < 4.78 is 36.9. The lowest BCUT2D eigenvalue weighted by Gasteiger charge is -2.34. The first-order valence-electron chi connectivity index (χ1n) is 9.71. The van der Waals surface area contributed by atoms with Crippen LogP contribution in [0.4, 0.5) is 5.69 Å². The fraction of sp³-hybridized carbons (Fsp3) is 0.381. The Kier molecular flexibility index (Phi) is 7.10. The zero-order valence-corrected chi connectivity index (χ0v) is 18.5. The summed E-state index contributed by atoms with van der Waals surface area (Å²) in [6.45, 7) is 2.55. The molecule has 0 aliphatic carbocycles. The molecule has 0 aromatic heterocycles. The molecule has 1 N–H and O–H groups in total. The Morgan fingerprint density at radius 3 is 2.67 bits per heavy atom. The molecular weight excluding hydrogens is 428 g/mol. The van der Waals surface area contributed by atoms with Gasteiger partial charge in [-0.3, -0.25) is 9.10 Å². The van der Waals surface area contributed by atoms with Crippen LogP contribution in [0.5, 0.6) is 11.5 Å². The predicted molar refractivity (Wildman–Crippen MR) is 117 cm³/mol. The third kappa shape index (κ3) is 5.58. The summed E-state index contributed by atoms with van der Waals surface area (Å²) in [6.07, 6.45) is 2.22. The van der Waals surface area contributed by atoms with Gasteiger partial charge in [0.25, 0.3) is 5.91 Å². The molecule has 3 rings (SSSR count). The van der Waals surface area contributed by atoms with Crippen molar-refractivity contribution in [2.75, 3.05) is 30.3 Å². The van der Waals surface area contributed by atoms with Gasteiger partial charge < -0.3 is 14.8 Å². The zero-order chi connectivity index (χ0) is 21.7. The van der Waals surface area contributed by atoms with E-state index in [2.05, 4.69) is 12.2 Å². The number of anilines is 1.